The van der Waals surface area contributed by atoms with Gasteiger partial charge < -0.3 is 10.1 Å². The average molecular weight is 270 g/mol. The molecule has 0 bridgehead atoms. The first kappa shape index (κ1) is 14.1. The van der Waals surface area contributed by atoms with Crippen molar-refractivity contribution in [3.8, 4) is 11.8 Å². The fourth-order valence-electron chi connectivity index (χ4n) is 2.03. The molecule has 5 nitrogen and oxygen atoms in total. The molecule has 0 aliphatic carbocycles. The molecular formula is C15H18N4O. The van der Waals surface area contributed by atoms with Crippen LogP contribution in [0.1, 0.15) is 37.1 Å². The molecule has 1 aromatic heterocycles. The Hall–Kier alpha value is -2.32. The molecule has 2 atom stereocenters. The second-order valence-electron chi connectivity index (χ2n) is 4.66. The minimum absolute atomic E-state index is 0.0741. The Labute approximate surface area is 118 Å². The molecule has 0 aliphatic rings. The van der Waals surface area contributed by atoms with Crippen LogP contribution in [0.25, 0.3) is 0 Å². The zero-order valence-electron chi connectivity index (χ0n) is 11.6. The number of aromatic amines is 1. The van der Waals surface area contributed by atoms with Crippen molar-refractivity contribution >= 4 is 0 Å². The van der Waals surface area contributed by atoms with E-state index in [0.717, 1.165) is 5.56 Å². The summed E-state index contributed by atoms with van der Waals surface area (Å²) >= 11 is 0. The number of aromatic nitrogens is 2. The van der Waals surface area contributed by atoms with E-state index in [4.69, 9.17) is 10.00 Å². The third-order valence-corrected chi connectivity index (χ3v) is 3.20. The topological polar surface area (TPSA) is 73.7 Å². The first-order valence-corrected chi connectivity index (χ1v) is 6.55. The SMILES string of the molecule is CC(NC(C)c1cn[nH]c1)c1ccc(OCC#N)cc1. The maximum absolute atomic E-state index is 8.47. The van der Waals surface area contributed by atoms with Crippen molar-refractivity contribution in [2.45, 2.75) is 25.9 Å². The molecule has 0 fully saturated rings. The lowest BCUT2D eigenvalue weighted by Crippen LogP contribution is -2.22. The summed E-state index contributed by atoms with van der Waals surface area (Å²) < 4.78 is 5.24. The summed E-state index contributed by atoms with van der Waals surface area (Å²) in [5.74, 6) is 0.713. The monoisotopic (exact) mass is 270 g/mol. The van der Waals surface area contributed by atoms with Crippen LogP contribution in [0.15, 0.2) is 36.7 Å². The van der Waals surface area contributed by atoms with Crippen molar-refractivity contribution in [3.05, 3.63) is 47.8 Å². The molecule has 104 valence electrons. The third kappa shape index (κ3) is 3.59. The molecule has 1 aromatic carbocycles. The lowest BCUT2D eigenvalue weighted by atomic mass is 10.1. The van der Waals surface area contributed by atoms with Crippen LogP contribution >= 0.6 is 0 Å². The van der Waals surface area contributed by atoms with E-state index in [1.54, 1.807) is 0 Å². The minimum atomic E-state index is 0.0741. The van der Waals surface area contributed by atoms with Gasteiger partial charge in [-0.05, 0) is 31.5 Å². The van der Waals surface area contributed by atoms with Gasteiger partial charge in [0.2, 0.25) is 0 Å². The molecule has 0 spiro atoms. The predicted octanol–water partition coefficient (Wildman–Crippen LogP) is 2.72. The summed E-state index contributed by atoms with van der Waals surface area (Å²) in [6.07, 6.45) is 3.71. The molecule has 2 aromatic rings. The average Bonchev–Trinajstić information content (AvgIpc) is 3.00. The van der Waals surface area contributed by atoms with Gasteiger partial charge in [-0.25, -0.2) is 0 Å². The van der Waals surface area contributed by atoms with Crippen LogP contribution in [0.2, 0.25) is 0 Å². The second kappa shape index (κ2) is 6.73. The van der Waals surface area contributed by atoms with Crippen LogP contribution in [0.3, 0.4) is 0 Å². The van der Waals surface area contributed by atoms with Gasteiger partial charge in [-0.2, -0.15) is 10.4 Å². The number of ether oxygens (including phenoxy) is 1. The first-order valence-electron chi connectivity index (χ1n) is 6.55. The lowest BCUT2D eigenvalue weighted by molar-refractivity contribution is 0.368. The van der Waals surface area contributed by atoms with E-state index in [0.29, 0.717) is 5.75 Å². The molecule has 1 heterocycles. The van der Waals surface area contributed by atoms with Gasteiger partial charge in [0.05, 0.1) is 6.20 Å². The van der Waals surface area contributed by atoms with E-state index < -0.39 is 0 Å². The quantitative estimate of drug-likeness (QED) is 0.846. The number of hydrogen-bond acceptors (Lipinski definition) is 4. The molecule has 2 N–H and O–H groups in total. The van der Waals surface area contributed by atoms with Gasteiger partial charge in [0, 0.05) is 23.8 Å². The maximum atomic E-state index is 8.47. The molecular weight excluding hydrogens is 252 g/mol. The van der Waals surface area contributed by atoms with Crippen LogP contribution < -0.4 is 10.1 Å². The normalized spacial score (nSPS) is 13.4. The van der Waals surface area contributed by atoms with Gasteiger partial charge in [0.1, 0.15) is 11.8 Å². The van der Waals surface area contributed by atoms with E-state index >= 15 is 0 Å². The maximum Gasteiger partial charge on any atom is 0.174 e. The van der Waals surface area contributed by atoms with Gasteiger partial charge in [-0.3, -0.25) is 5.10 Å². The summed E-state index contributed by atoms with van der Waals surface area (Å²) in [6.45, 7) is 4.29. The zero-order chi connectivity index (χ0) is 14.4. The van der Waals surface area contributed by atoms with Crippen molar-refractivity contribution in [2.24, 2.45) is 0 Å². The van der Waals surface area contributed by atoms with Crippen molar-refractivity contribution in [1.29, 1.82) is 5.26 Å². The van der Waals surface area contributed by atoms with E-state index in [2.05, 4.69) is 29.4 Å². The fraction of sp³-hybridized carbons (Fsp3) is 0.333. The van der Waals surface area contributed by atoms with E-state index in [9.17, 15) is 0 Å². The smallest absolute Gasteiger partial charge is 0.174 e. The Balaban J connectivity index is 1.95. The molecule has 5 heteroatoms. The van der Waals surface area contributed by atoms with Gasteiger partial charge in [-0.15, -0.1) is 0 Å². The highest BCUT2D eigenvalue weighted by molar-refractivity contribution is 5.29. The number of H-pyrrole nitrogens is 1. The number of nitrogens with zero attached hydrogens (tertiary/aromatic N) is 2. The molecule has 0 radical (unpaired) electrons. The van der Waals surface area contributed by atoms with Crippen LogP contribution in [0, 0.1) is 11.3 Å². The first-order chi connectivity index (χ1) is 9.70. The van der Waals surface area contributed by atoms with Crippen molar-refractivity contribution in [2.75, 3.05) is 6.61 Å². The summed E-state index contributed by atoms with van der Waals surface area (Å²) in [4.78, 5) is 0. The van der Waals surface area contributed by atoms with Gasteiger partial charge in [0.25, 0.3) is 0 Å². The second-order valence-corrected chi connectivity index (χ2v) is 4.66. The van der Waals surface area contributed by atoms with Gasteiger partial charge in [-0.1, -0.05) is 12.1 Å². The van der Waals surface area contributed by atoms with Gasteiger partial charge in [0.15, 0.2) is 6.61 Å². The molecule has 0 aliphatic heterocycles. The van der Waals surface area contributed by atoms with Gasteiger partial charge >= 0.3 is 0 Å². The number of rotatable bonds is 6. The Kier molecular flexibility index (Phi) is 4.75. The molecule has 0 amide bonds. The van der Waals surface area contributed by atoms with E-state index in [1.165, 1.54) is 5.56 Å². The number of hydrogen-bond donors (Lipinski definition) is 2. The third-order valence-electron chi connectivity index (χ3n) is 3.20. The summed E-state index contributed by atoms with van der Waals surface area (Å²) in [6, 6.07) is 10.2. The Bertz CT molecular complexity index is 557. The molecule has 0 saturated carbocycles. The minimum Gasteiger partial charge on any atom is -0.479 e. The summed E-state index contributed by atoms with van der Waals surface area (Å²) in [7, 11) is 0. The highest BCUT2D eigenvalue weighted by atomic mass is 16.5. The summed E-state index contributed by atoms with van der Waals surface area (Å²) in [5.41, 5.74) is 2.30. The highest BCUT2D eigenvalue weighted by Crippen LogP contribution is 2.21. The molecule has 2 rings (SSSR count). The number of benzene rings is 1. The predicted molar refractivity (Wildman–Crippen MR) is 76.1 cm³/mol. The highest BCUT2D eigenvalue weighted by Gasteiger charge is 2.11. The number of nitrogens with one attached hydrogen (secondary N) is 2. The molecule has 2 unspecified atom stereocenters. The van der Waals surface area contributed by atoms with Crippen molar-refractivity contribution < 1.29 is 4.74 Å². The van der Waals surface area contributed by atoms with Crippen LogP contribution in [0.5, 0.6) is 5.75 Å². The molecule has 20 heavy (non-hydrogen) atoms. The largest absolute Gasteiger partial charge is 0.479 e. The zero-order valence-corrected chi connectivity index (χ0v) is 11.6. The molecule has 0 saturated heterocycles. The standard InChI is InChI=1S/C15H18N4O/c1-11(19-12(2)14-9-17-18-10-14)13-3-5-15(6-4-13)20-8-7-16/h3-6,9-12,19H,8H2,1-2H3,(H,17,18). The van der Waals surface area contributed by atoms with Crippen molar-refractivity contribution in [1.82, 2.24) is 15.5 Å². The summed E-state index contributed by atoms with van der Waals surface area (Å²) in [5, 5.41) is 18.7. The lowest BCUT2D eigenvalue weighted by Gasteiger charge is -2.19. The Morgan fingerprint density at radius 2 is 1.95 bits per heavy atom. The van der Waals surface area contributed by atoms with Crippen LogP contribution in [-0.2, 0) is 0 Å². The van der Waals surface area contributed by atoms with Crippen molar-refractivity contribution in [3.63, 3.8) is 0 Å². The Morgan fingerprint density at radius 1 is 1.25 bits per heavy atom. The van der Waals surface area contributed by atoms with Crippen LogP contribution in [-0.4, -0.2) is 16.8 Å². The number of nitriles is 1. The van der Waals surface area contributed by atoms with Crippen LogP contribution in [0.4, 0.5) is 0 Å². The van der Waals surface area contributed by atoms with E-state index in [-0.39, 0.29) is 18.7 Å². The van der Waals surface area contributed by atoms with E-state index in [1.807, 2.05) is 42.7 Å². The Morgan fingerprint density at radius 3 is 2.55 bits per heavy atom. The fourth-order valence-corrected chi connectivity index (χ4v) is 2.03.